The molecule has 1 N–H and O–H groups in total. The van der Waals surface area contributed by atoms with Gasteiger partial charge >= 0.3 is 0 Å². The zero-order valence-electron chi connectivity index (χ0n) is 11.1. The van der Waals surface area contributed by atoms with Crippen LogP contribution in [0.25, 0.3) is 0 Å². The summed E-state index contributed by atoms with van der Waals surface area (Å²) in [6.45, 7) is 4.35. The standard InChI is InChI=1S/C15H23NO/c1-4-5-14(12-6-7-12)16-13-8-9-15(17-3)11(2)10-13/h8-10,12,14,16H,4-7H2,1-3H3. The van der Waals surface area contributed by atoms with Crippen molar-refractivity contribution in [3.63, 3.8) is 0 Å². The SMILES string of the molecule is CCCC(Nc1ccc(OC)c(C)c1)C1CC1. The van der Waals surface area contributed by atoms with Gasteiger partial charge in [0.1, 0.15) is 5.75 Å². The third kappa shape index (κ3) is 3.15. The van der Waals surface area contributed by atoms with Crippen molar-refractivity contribution in [3.05, 3.63) is 23.8 Å². The number of benzene rings is 1. The molecule has 2 rings (SSSR count). The van der Waals surface area contributed by atoms with Crippen molar-refractivity contribution >= 4 is 5.69 Å². The Kier molecular flexibility index (Phi) is 3.93. The van der Waals surface area contributed by atoms with Crippen LogP contribution in [0.5, 0.6) is 5.75 Å². The van der Waals surface area contributed by atoms with E-state index in [9.17, 15) is 0 Å². The number of anilines is 1. The largest absolute Gasteiger partial charge is 0.496 e. The van der Waals surface area contributed by atoms with Crippen LogP contribution in [0.3, 0.4) is 0 Å². The molecule has 17 heavy (non-hydrogen) atoms. The molecule has 1 aliphatic carbocycles. The topological polar surface area (TPSA) is 21.3 Å². The molecule has 2 heteroatoms. The van der Waals surface area contributed by atoms with E-state index in [4.69, 9.17) is 4.74 Å². The van der Waals surface area contributed by atoms with Gasteiger partial charge in [0.2, 0.25) is 0 Å². The molecule has 1 atom stereocenters. The van der Waals surface area contributed by atoms with Crippen LogP contribution in [0, 0.1) is 12.8 Å². The van der Waals surface area contributed by atoms with Crippen LogP contribution in [-0.4, -0.2) is 13.2 Å². The third-order valence-electron chi connectivity index (χ3n) is 3.54. The zero-order valence-corrected chi connectivity index (χ0v) is 11.1. The van der Waals surface area contributed by atoms with E-state index in [0.29, 0.717) is 6.04 Å². The zero-order chi connectivity index (χ0) is 12.3. The van der Waals surface area contributed by atoms with Crippen molar-refractivity contribution in [1.29, 1.82) is 0 Å². The first-order chi connectivity index (χ1) is 8.24. The predicted molar refractivity (Wildman–Crippen MR) is 72.8 cm³/mol. The molecule has 0 aliphatic heterocycles. The Morgan fingerprint density at radius 3 is 2.71 bits per heavy atom. The molecule has 0 saturated heterocycles. The maximum Gasteiger partial charge on any atom is 0.121 e. The fourth-order valence-corrected chi connectivity index (χ4v) is 2.42. The number of ether oxygens (including phenoxy) is 1. The quantitative estimate of drug-likeness (QED) is 0.802. The van der Waals surface area contributed by atoms with Crippen LogP contribution >= 0.6 is 0 Å². The van der Waals surface area contributed by atoms with Gasteiger partial charge in [0.25, 0.3) is 0 Å². The summed E-state index contributed by atoms with van der Waals surface area (Å²) in [6, 6.07) is 7.02. The molecule has 1 fully saturated rings. The van der Waals surface area contributed by atoms with Gasteiger partial charge in [-0.25, -0.2) is 0 Å². The summed E-state index contributed by atoms with van der Waals surface area (Å²) >= 11 is 0. The lowest BCUT2D eigenvalue weighted by Gasteiger charge is -2.19. The Morgan fingerprint density at radius 2 is 2.18 bits per heavy atom. The van der Waals surface area contributed by atoms with Gasteiger partial charge in [0.05, 0.1) is 7.11 Å². The van der Waals surface area contributed by atoms with E-state index in [1.807, 2.05) is 6.07 Å². The lowest BCUT2D eigenvalue weighted by molar-refractivity contribution is 0.411. The van der Waals surface area contributed by atoms with Crippen LogP contribution in [0.15, 0.2) is 18.2 Å². The minimum Gasteiger partial charge on any atom is -0.496 e. The molecule has 0 radical (unpaired) electrons. The van der Waals surface area contributed by atoms with Crippen LogP contribution in [0.2, 0.25) is 0 Å². The smallest absolute Gasteiger partial charge is 0.121 e. The Labute approximate surface area is 104 Å². The molecule has 94 valence electrons. The molecule has 0 spiro atoms. The van der Waals surface area contributed by atoms with Crippen LogP contribution in [0.4, 0.5) is 5.69 Å². The summed E-state index contributed by atoms with van der Waals surface area (Å²) in [5.74, 6) is 1.87. The van der Waals surface area contributed by atoms with Crippen LogP contribution in [-0.2, 0) is 0 Å². The second-order valence-electron chi connectivity index (χ2n) is 5.06. The molecular formula is C15H23NO. The van der Waals surface area contributed by atoms with Gasteiger partial charge in [-0.2, -0.15) is 0 Å². The fraction of sp³-hybridized carbons (Fsp3) is 0.600. The second-order valence-corrected chi connectivity index (χ2v) is 5.06. The first-order valence-electron chi connectivity index (χ1n) is 6.65. The van der Waals surface area contributed by atoms with Gasteiger partial charge in [0.15, 0.2) is 0 Å². The van der Waals surface area contributed by atoms with Crippen molar-refractivity contribution < 1.29 is 4.74 Å². The molecule has 1 saturated carbocycles. The van der Waals surface area contributed by atoms with Crippen molar-refractivity contribution in [2.75, 3.05) is 12.4 Å². The van der Waals surface area contributed by atoms with Crippen LogP contribution in [0.1, 0.15) is 38.2 Å². The molecule has 2 nitrogen and oxygen atoms in total. The highest BCUT2D eigenvalue weighted by Gasteiger charge is 2.30. The second kappa shape index (κ2) is 5.44. The molecule has 1 unspecified atom stereocenters. The Hall–Kier alpha value is -1.18. The van der Waals surface area contributed by atoms with Crippen molar-refractivity contribution in [1.82, 2.24) is 0 Å². The molecule has 0 heterocycles. The predicted octanol–water partition coefficient (Wildman–Crippen LogP) is 3.99. The average Bonchev–Trinajstić information content (AvgIpc) is 3.12. The summed E-state index contributed by atoms with van der Waals surface area (Å²) in [5, 5.41) is 3.68. The lowest BCUT2D eigenvalue weighted by atomic mass is 10.1. The minimum absolute atomic E-state index is 0.660. The van der Waals surface area contributed by atoms with E-state index in [0.717, 1.165) is 11.7 Å². The molecule has 1 aliphatic rings. The number of hydrogen-bond donors (Lipinski definition) is 1. The highest BCUT2D eigenvalue weighted by molar-refractivity contribution is 5.51. The Balaban J connectivity index is 2.03. The minimum atomic E-state index is 0.660. The summed E-state index contributed by atoms with van der Waals surface area (Å²) in [5.41, 5.74) is 2.43. The van der Waals surface area contributed by atoms with Gasteiger partial charge in [-0.3, -0.25) is 0 Å². The Morgan fingerprint density at radius 1 is 1.41 bits per heavy atom. The van der Waals surface area contributed by atoms with E-state index in [2.05, 4.69) is 31.3 Å². The highest BCUT2D eigenvalue weighted by atomic mass is 16.5. The summed E-state index contributed by atoms with van der Waals surface area (Å²) in [6.07, 6.45) is 5.32. The number of nitrogens with one attached hydrogen (secondary N) is 1. The summed E-state index contributed by atoms with van der Waals surface area (Å²) < 4.78 is 5.28. The molecular weight excluding hydrogens is 210 g/mol. The van der Waals surface area contributed by atoms with Crippen molar-refractivity contribution in [2.24, 2.45) is 5.92 Å². The van der Waals surface area contributed by atoms with Gasteiger partial charge in [-0.1, -0.05) is 13.3 Å². The molecule has 1 aromatic rings. The summed E-state index contributed by atoms with van der Waals surface area (Å²) in [4.78, 5) is 0. The van der Waals surface area contributed by atoms with E-state index in [-0.39, 0.29) is 0 Å². The van der Waals surface area contributed by atoms with Gasteiger partial charge in [-0.05, 0) is 55.9 Å². The Bertz CT molecular complexity index is 371. The number of aryl methyl sites for hydroxylation is 1. The number of rotatable bonds is 6. The summed E-state index contributed by atoms with van der Waals surface area (Å²) in [7, 11) is 1.72. The maximum absolute atomic E-state index is 5.28. The van der Waals surface area contributed by atoms with Gasteiger partial charge in [-0.15, -0.1) is 0 Å². The number of methoxy groups -OCH3 is 1. The van der Waals surface area contributed by atoms with E-state index in [1.165, 1.54) is 36.9 Å². The van der Waals surface area contributed by atoms with Crippen molar-refractivity contribution in [3.8, 4) is 5.75 Å². The van der Waals surface area contributed by atoms with E-state index < -0.39 is 0 Å². The van der Waals surface area contributed by atoms with Crippen molar-refractivity contribution in [2.45, 2.75) is 45.6 Å². The van der Waals surface area contributed by atoms with E-state index in [1.54, 1.807) is 7.11 Å². The molecule has 0 bridgehead atoms. The first-order valence-corrected chi connectivity index (χ1v) is 6.65. The third-order valence-corrected chi connectivity index (χ3v) is 3.54. The average molecular weight is 233 g/mol. The molecule has 0 aromatic heterocycles. The number of hydrogen-bond acceptors (Lipinski definition) is 2. The monoisotopic (exact) mass is 233 g/mol. The highest BCUT2D eigenvalue weighted by Crippen LogP contribution is 2.36. The lowest BCUT2D eigenvalue weighted by Crippen LogP contribution is -2.21. The van der Waals surface area contributed by atoms with Gasteiger partial charge < -0.3 is 10.1 Å². The molecule has 0 amide bonds. The first kappa shape index (κ1) is 12.3. The maximum atomic E-state index is 5.28. The molecule has 1 aromatic carbocycles. The van der Waals surface area contributed by atoms with Crippen LogP contribution < -0.4 is 10.1 Å². The normalized spacial score (nSPS) is 16.6. The fourth-order valence-electron chi connectivity index (χ4n) is 2.42. The van der Waals surface area contributed by atoms with E-state index >= 15 is 0 Å². The van der Waals surface area contributed by atoms with Gasteiger partial charge in [0, 0.05) is 11.7 Å².